The van der Waals surface area contributed by atoms with E-state index in [-0.39, 0.29) is 16.8 Å². The number of piperidine rings is 1. The molecule has 1 heterocycles. The summed E-state index contributed by atoms with van der Waals surface area (Å²) in [7, 11) is -0.413. The van der Waals surface area contributed by atoms with E-state index in [9.17, 15) is 13.2 Å². The third-order valence-electron chi connectivity index (χ3n) is 5.18. The highest BCUT2D eigenvalue weighted by Crippen LogP contribution is 2.23. The van der Waals surface area contributed by atoms with Gasteiger partial charge >= 0.3 is 0 Å². The lowest BCUT2D eigenvalue weighted by Gasteiger charge is -2.28. The van der Waals surface area contributed by atoms with Gasteiger partial charge in [0.2, 0.25) is 15.9 Å². The number of carbonyl (C=O) groups excluding carboxylic acids is 1. The topological polar surface area (TPSA) is 78.5 Å². The number of nitrogens with one attached hydrogen (secondary N) is 2. The summed E-state index contributed by atoms with van der Waals surface area (Å²) in [5.41, 5.74) is 0.892. The Hall–Kier alpha value is -1.44. The van der Waals surface area contributed by atoms with Gasteiger partial charge in [-0.3, -0.25) is 4.79 Å². The van der Waals surface area contributed by atoms with Gasteiger partial charge in [0.05, 0.1) is 10.9 Å². The van der Waals surface area contributed by atoms with Gasteiger partial charge in [0.1, 0.15) is 0 Å². The quantitative estimate of drug-likeness (QED) is 0.758. The number of hydrogen-bond acceptors (Lipinski definition) is 4. The maximum Gasteiger partial charge on any atom is 0.242 e. The Labute approximate surface area is 157 Å². The highest BCUT2D eigenvalue weighted by Gasteiger charge is 2.23. The van der Waals surface area contributed by atoms with Crippen molar-refractivity contribution in [1.82, 2.24) is 14.9 Å². The van der Waals surface area contributed by atoms with Crippen molar-refractivity contribution in [1.29, 1.82) is 0 Å². The third-order valence-corrected chi connectivity index (χ3v) is 7.01. The summed E-state index contributed by atoms with van der Waals surface area (Å²) in [6.45, 7) is 6.13. The van der Waals surface area contributed by atoms with E-state index in [0.29, 0.717) is 18.3 Å². The van der Waals surface area contributed by atoms with Crippen molar-refractivity contribution in [3.8, 4) is 0 Å². The Morgan fingerprint density at radius 2 is 1.92 bits per heavy atom. The minimum atomic E-state index is -3.43. The Bertz CT molecular complexity index is 695. The molecule has 146 valence electrons. The zero-order valence-electron chi connectivity index (χ0n) is 16.2. The molecule has 0 aliphatic carbocycles. The van der Waals surface area contributed by atoms with E-state index in [4.69, 9.17) is 0 Å². The molecule has 1 aliphatic heterocycles. The maximum absolute atomic E-state index is 12.4. The largest absolute Gasteiger partial charge is 0.350 e. The number of nitrogens with zero attached hydrogens (tertiary/aromatic N) is 1. The maximum atomic E-state index is 12.4. The molecule has 3 atom stereocenters. The Morgan fingerprint density at radius 1 is 1.27 bits per heavy atom. The van der Waals surface area contributed by atoms with Crippen molar-refractivity contribution in [2.75, 3.05) is 27.2 Å². The SMILES string of the molecule is CC(NC(=O)CC(C)C1CCCNC1)c1ccc(S(=O)(=O)N(C)C)cc1. The van der Waals surface area contributed by atoms with Crippen LogP contribution in [0.3, 0.4) is 0 Å². The molecule has 1 fully saturated rings. The van der Waals surface area contributed by atoms with E-state index in [1.807, 2.05) is 6.92 Å². The van der Waals surface area contributed by atoms with Crippen LogP contribution in [0.25, 0.3) is 0 Å². The third kappa shape index (κ3) is 5.28. The molecule has 1 aromatic carbocycles. The van der Waals surface area contributed by atoms with Gasteiger partial charge in [-0.05, 0) is 62.4 Å². The fourth-order valence-electron chi connectivity index (χ4n) is 3.35. The highest BCUT2D eigenvalue weighted by atomic mass is 32.2. The Balaban J connectivity index is 1.92. The summed E-state index contributed by atoms with van der Waals surface area (Å²) < 4.78 is 25.4. The van der Waals surface area contributed by atoms with Crippen LogP contribution in [0.4, 0.5) is 0 Å². The molecule has 3 unspecified atom stereocenters. The second kappa shape index (κ2) is 8.97. The summed E-state index contributed by atoms with van der Waals surface area (Å²) in [4.78, 5) is 12.6. The molecule has 0 spiro atoms. The molecule has 6 nitrogen and oxygen atoms in total. The molecule has 0 radical (unpaired) electrons. The first-order valence-electron chi connectivity index (χ1n) is 9.24. The molecule has 0 saturated carbocycles. The number of carbonyl (C=O) groups is 1. The van der Waals surface area contributed by atoms with Crippen LogP contribution in [0.15, 0.2) is 29.2 Å². The van der Waals surface area contributed by atoms with E-state index in [2.05, 4.69) is 17.6 Å². The normalized spacial score (nSPS) is 20.6. The van der Waals surface area contributed by atoms with Gasteiger partial charge in [-0.2, -0.15) is 0 Å². The fourth-order valence-corrected chi connectivity index (χ4v) is 4.25. The van der Waals surface area contributed by atoms with E-state index >= 15 is 0 Å². The second-order valence-electron chi connectivity index (χ2n) is 7.43. The Kier molecular flexibility index (Phi) is 7.20. The van der Waals surface area contributed by atoms with Crippen molar-refractivity contribution >= 4 is 15.9 Å². The molecule has 1 saturated heterocycles. The van der Waals surface area contributed by atoms with Crippen LogP contribution in [-0.2, 0) is 14.8 Å². The summed E-state index contributed by atoms with van der Waals surface area (Å²) in [6, 6.07) is 6.54. The van der Waals surface area contributed by atoms with Crippen molar-refractivity contribution < 1.29 is 13.2 Å². The molecule has 26 heavy (non-hydrogen) atoms. The smallest absolute Gasteiger partial charge is 0.242 e. The van der Waals surface area contributed by atoms with Crippen molar-refractivity contribution in [2.24, 2.45) is 11.8 Å². The van der Waals surface area contributed by atoms with Gasteiger partial charge in [-0.15, -0.1) is 0 Å². The van der Waals surface area contributed by atoms with Crippen LogP contribution in [0.2, 0.25) is 0 Å². The number of benzene rings is 1. The van der Waals surface area contributed by atoms with Crippen LogP contribution in [0, 0.1) is 11.8 Å². The lowest BCUT2D eigenvalue weighted by atomic mass is 9.85. The lowest BCUT2D eigenvalue weighted by molar-refractivity contribution is -0.123. The molecule has 1 aromatic rings. The predicted octanol–water partition coefficient (Wildman–Crippen LogP) is 2.14. The summed E-state index contributed by atoms with van der Waals surface area (Å²) in [6.07, 6.45) is 2.87. The van der Waals surface area contributed by atoms with Gasteiger partial charge in [-0.1, -0.05) is 19.1 Å². The molecule has 1 aliphatic rings. The van der Waals surface area contributed by atoms with Gasteiger partial charge in [0.25, 0.3) is 0 Å². The highest BCUT2D eigenvalue weighted by molar-refractivity contribution is 7.89. The number of sulfonamides is 1. The molecule has 1 amide bonds. The van der Waals surface area contributed by atoms with Crippen molar-refractivity contribution in [2.45, 2.75) is 44.0 Å². The average Bonchev–Trinajstić information content (AvgIpc) is 2.62. The van der Waals surface area contributed by atoms with Crippen molar-refractivity contribution in [3.05, 3.63) is 29.8 Å². The first kappa shape index (κ1) is 20.9. The van der Waals surface area contributed by atoms with Crippen LogP contribution in [-0.4, -0.2) is 45.8 Å². The zero-order chi connectivity index (χ0) is 19.3. The van der Waals surface area contributed by atoms with Crippen LogP contribution in [0.5, 0.6) is 0 Å². The monoisotopic (exact) mass is 381 g/mol. The molecule has 7 heteroatoms. The van der Waals surface area contributed by atoms with Crippen LogP contribution in [0.1, 0.15) is 44.7 Å². The van der Waals surface area contributed by atoms with Gasteiger partial charge in [0.15, 0.2) is 0 Å². The second-order valence-corrected chi connectivity index (χ2v) is 9.59. The summed E-state index contributed by atoms with van der Waals surface area (Å²) in [5, 5.41) is 6.42. The lowest BCUT2D eigenvalue weighted by Crippen LogP contribution is -2.36. The zero-order valence-corrected chi connectivity index (χ0v) is 17.0. The summed E-state index contributed by atoms with van der Waals surface area (Å²) >= 11 is 0. The predicted molar refractivity (Wildman–Crippen MR) is 103 cm³/mol. The molecular weight excluding hydrogens is 350 g/mol. The van der Waals surface area contributed by atoms with Gasteiger partial charge < -0.3 is 10.6 Å². The first-order chi connectivity index (χ1) is 12.2. The molecule has 0 aromatic heterocycles. The van der Waals surface area contributed by atoms with Crippen molar-refractivity contribution in [3.63, 3.8) is 0 Å². The van der Waals surface area contributed by atoms with Gasteiger partial charge in [0, 0.05) is 20.5 Å². The minimum absolute atomic E-state index is 0.0422. The fraction of sp³-hybridized carbons (Fsp3) is 0.632. The van der Waals surface area contributed by atoms with Crippen LogP contribution < -0.4 is 10.6 Å². The van der Waals surface area contributed by atoms with E-state index in [1.165, 1.54) is 31.2 Å². The van der Waals surface area contributed by atoms with E-state index in [1.54, 1.807) is 24.3 Å². The molecule has 0 bridgehead atoms. The Morgan fingerprint density at radius 3 is 2.46 bits per heavy atom. The molecular formula is C19H31N3O3S. The van der Waals surface area contributed by atoms with Crippen LogP contribution >= 0.6 is 0 Å². The van der Waals surface area contributed by atoms with E-state index < -0.39 is 10.0 Å². The molecule has 2 N–H and O–H groups in total. The minimum Gasteiger partial charge on any atom is -0.350 e. The molecule has 2 rings (SSSR count). The standard InChI is InChI=1S/C19H31N3O3S/c1-14(17-6-5-11-20-13-17)12-19(23)21-15(2)16-7-9-18(10-8-16)26(24,25)22(3)4/h7-10,14-15,17,20H,5-6,11-13H2,1-4H3,(H,21,23). The van der Waals surface area contributed by atoms with Gasteiger partial charge in [-0.25, -0.2) is 12.7 Å². The van der Waals surface area contributed by atoms with E-state index in [0.717, 1.165) is 18.7 Å². The average molecular weight is 382 g/mol. The summed E-state index contributed by atoms with van der Waals surface area (Å²) in [5.74, 6) is 0.948. The first-order valence-corrected chi connectivity index (χ1v) is 10.7. The number of hydrogen-bond donors (Lipinski definition) is 2. The number of rotatable bonds is 7. The number of amides is 1.